The summed E-state index contributed by atoms with van der Waals surface area (Å²) in [5.41, 5.74) is 3.30. The second-order valence-corrected chi connectivity index (χ2v) is 8.24. The highest BCUT2D eigenvalue weighted by Gasteiger charge is 2.13. The molecule has 0 atom stereocenters. The zero-order chi connectivity index (χ0) is 25.9. The first-order valence-corrected chi connectivity index (χ1v) is 12.2. The van der Waals surface area contributed by atoms with Gasteiger partial charge in [0.05, 0.1) is 19.3 Å². The van der Waals surface area contributed by atoms with Gasteiger partial charge in [-0.25, -0.2) is 0 Å². The molecule has 0 aliphatic rings. The van der Waals surface area contributed by atoms with Gasteiger partial charge in [0.2, 0.25) is 0 Å². The highest BCUT2D eigenvalue weighted by atomic mass is 16.5. The molecule has 5 nitrogen and oxygen atoms in total. The number of hydrogen-bond acceptors (Lipinski definition) is 5. The maximum absolute atomic E-state index is 13.3. The van der Waals surface area contributed by atoms with Crippen molar-refractivity contribution < 1.29 is 23.7 Å². The average molecular weight is 495 g/mol. The molecule has 0 fully saturated rings. The normalized spacial score (nSPS) is 10.8. The van der Waals surface area contributed by atoms with Crippen molar-refractivity contribution >= 4 is 11.9 Å². The highest BCUT2D eigenvalue weighted by molar-refractivity contribution is 6.08. The van der Waals surface area contributed by atoms with Crippen LogP contribution in [-0.2, 0) is 13.2 Å². The first-order valence-electron chi connectivity index (χ1n) is 12.2. The third-order valence-electron chi connectivity index (χ3n) is 5.64. The van der Waals surface area contributed by atoms with E-state index in [0.29, 0.717) is 48.4 Å². The molecule has 0 aliphatic carbocycles. The van der Waals surface area contributed by atoms with E-state index in [-0.39, 0.29) is 5.78 Å². The summed E-state index contributed by atoms with van der Waals surface area (Å²) in [5, 5.41) is 0. The third kappa shape index (κ3) is 7.24. The molecule has 0 saturated carbocycles. The summed E-state index contributed by atoms with van der Waals surface area (Å²) >= 11 is 0. The summed E-state index contributed by atoms with van der Waals surface area (Å²) in [6, 6.07) is 30.6. The summed E-state index contributed by atoms with van der Waals surface area (Å²) in [5.74, 6) is 2.24. The number of benzene rings is 4. The van der Waals surface area contributed by atoms with Gasteiger partial charge in [0.15, 0.2) is 5.78 Å². The molecule has 0 radical (unpaired) electrons. The second kappa shape index (κ2) is 13.0. The smallest absolute Gasteiger partial charge is 0.189 e. The van der Waals surface area contributed by atoms with Gasteiger partial charge in [0, 0.05) is 17.7 Å². The Hall–Kier alpha value is -4.51. The van der Waals surface area contributed by atoms with Crippen molar-refractivity contribution in [3.8, 4) is 23.0 Å². The molecule has 0 unspecified atom stereocenters. The van der Waals surface area contributed by atoms with E-state index in [1.807, 2.05) is 79.7 Å². The Labute approximate surface area is 217 Å². The average Bonchev–Trinajstić information content (AvgIpc) is 2.95. The first-order chi connectivity index (χ1) is 18.2. The molecule has 4 rings (SSSR count). The monoisotopic (exact) mass is 494 g/mol. The number of carbonyl (C=O) groups is 1. The maximum atomic E-state index is 13.3. The molecule has 0 aromatic heterocycles. The van der Waals surface area contributed by atoms with Crippen LogP contribution in [0.5, 0.6) is 23.0 Å². The molecule has 0 amide bonds. The van der Waals surface area contributed by atoms with E-state index < -0.39 is 0 Å². The Bertz CT molecular complexity index is 1330. The van der Waals surface area contributed by atoms with Gasteiger partial charge in [-0.15, -0.1) is 0 Å². The quantitative estimate of drug-likeness (QED) is 0.155. The lowest BCUT2D eigenvalue weighted by atomic mass is 10.1. The van der Waals surface area contributed by atoms with Crippen molar-refractivity contribution in [2.75, 3.05) is 13.7 Å². The maximum Gasteiger partial charge on any atom is 0.189 e. The van der Waals surface area contributed by atoms with Gasteiger partial charge in [0.1, 0.15) is 36.2 Å². The largest absolute Gasteiger partial charge is 0.497 e. The Morgan fingerprint density at radius 3 is 1.97 bits per heavy atom. The number of ether oxygens (including phenoxy) is 4. The minimum absolute atomic E-state index is 0.184. The van der Waals surface area contributed by atoms with Crippen LogP contribution >= 0.6 is 0 Å². The minimum Gasteiger partial charge on any atom is -0.497 e. The third-order valence-corrected chi connectivity index (χ3v) is 5.64. The minimum atomic E-state index is -0.184. The van der Waals surface area contributed by atoms with Crippen LogP contribution in [-0.4, -0.2) is 19.5 Å². The standard InChI is InChI=1S/C32H30O5/c1-3-35-31-20-27(34-2)16-14-26(31)15-19-30(33)29-18-17-28(36-22-24-10-6-4-7-11-24)21-32(29)37-23-25-12-8-5-9-13-25/h4-21H,3,22-23H2,1-2H3. The van der Waals surface area contributed by atoms with E-state index in [4.69, 9.17) is 18.9 Å². The van der Waals surface area contributed by atoms with Gasteiger partial charge in [-0.2, -0.15) is 0 Å². The second-order valence-electron chi connectivity index (χ2n) is 8.24. The van der Waals surface area contributed by atoms with Gasteiger partial charge in [-0.3, -0.25) is 4.79 Å². The zero-order valence-corrected chi connectivity index (χ0v) is 21.1. The highest BCUT2D eigenvalue weighted by Crippen LogP contribution is 2.29. The molecule has 4 aromatic rings. The number of ketones is 1. The number of methoxy groups -OCH3 is 1. The molecule has 37 heavy (non-hydrogen) atoms. The summed E-state index contributed by atoms with van der Waals surface area (Å²) in [6.45, 7) is 3.17. The molecule has 4 aromatic carbocycles. The number of hydrogen-bond donors (Lipinski definition) is 0. The van der Waals surface area contributed by atoms with E-state index in [1.165, 1.54) is 6.08 Å². The van der Waals surface area contributed by atoms with E-state index in [1.54, 1.807) is 37.5 Å². The van der Waals surface area contributed by atoms with Crippen LogP contribution in [0.1, 0.15) is 34.0 Å². The fourth-order valence-electron chi connectivity index (χ4n) is 3.71. The van der Waals surface area contributed by atoms with Gasteiger partial charge in [-0.1, -0.05) is 60.7 Å². The molecule has 0 aliphatic heterocycles. The Kier molecular flexibility index (Phi) is 8.97. The van der Waals surface area contributed by atoms with Crippen LogP contribution in [0.15, 0.2) is 103 Å². The molecular formula is C32H30O5. The lowest BCUT2D eigenvalue weighted by Crippen LogP contribution is -2.04. The van der Waals surface area contributed by atoms with Crippen LogP contribution in [0.2, 0.25) is 0 Å². The van der Waals surface area contributed by atoms with Crippen LogP contribution in [0.25, 0.3) is 6.08 Å². The lowest BCUT2D eigenvalue weighted by molar-refractivity contribution is 0.104. The van der Waals surface area contributed by atoms with Gasteiger partial charge in [0.25, 0.3) is 0 Å². The van der Waals surface area contributed by atoms with Gasteiger partial charge < -0.3 is 18.9 Å². The van der Waals surface area contributed by atoms with Gasteiger partial charge >= 0.3 is 0 Å². The summed E-state index contributed by atoms with van der Waals surface area (Å²) in [6.07, 6.45) is 3.27. The fourth-order valence-corrected chi connectivity index (χ4v) is 3.71. The van der Waals surface area contributed by atoms with Crippen LogP contribution in [0.3, 0.4) is 0 Å². The number of allylic oxidation sites excluding steroid dienone is 1. The van der Waals surface area contributed by atoms with Crippen molar-refractivity contribution in [2.24, 2.45) is 0 Å². The molecule has 0 bridgehead atoms. The molecule has 0 heterocycles. The molecular weight excluding hydrogens is 464 g/mol. The van der Waals surface area contributed by atoms with Crippen LogP contribution < -0.4 is 18.9 Å². The van der Waals surface area contributed by atoms with Crippen molar-refractivity contribution in [1.29, 1.82) is 0 Å². The summed E-state index contributed by atoms with van der Waals surface area (Å²) < 4.78 is 23.1. The van der Waals surface area contributed by atoms with E-state index in [9.17, 15) is 4.79 Å². The van der Waals surface area contributed by atoms with Crippen molar-refractivity contribution in [3.63, 3.8) is 0 Å². The van der Waals surface area contributed by atoms with Crippen LogP contribution in [0.4, 0.5) is 0 Å². The van der Waals surface area contributed by atoms with E-state index in [2.05, 4.69) is 0 Å². The Morgan fingerprint density at radius 1 is 0.703 bits per heavy atom. The number of rotatable bonds is 12. The molecule has 0 saturated heterocycles. The van der Waals surface area contributed by atoms with E-state index in [0.717, 1.165) is 16.7 Å². The summed E-state index contributed by atoms with van der Waals surface area (Å²) in [4.78, 5) is 13.3. The van der Waals surface area contributed by atoms with Crippen molar-refractivity contribution in [1.82, 2.24) is 0 Å². The van der Waals surface area contributed by atoms with Crippen molar-refractivity contribution in [2.45, 2.75) is 20.1 Å². The predicted octanol–water partition coefficient (Wildman–Crippen LogP) is 7.15. The van der Waals surface area contributed by atoms with Crippen LogP contribution in [0, 0.1) is 0 Å². The zero-order valence-electron chi connectivity index (χ0n) is 21.1. The molecule has 0 N–H and O–H groups in total. The SMILES string of the molecule is CCOc1cc(OC)ccc1C=CC(=O)c1ccc(OCc2ccccc2)cc1OCc1ccccc1. The summed E-state index contributed by atoms with van der Waals surface area (Å²) in [7, 11) is 1.61. The Morgan fingerprint density at radius 2 is 1.32 bits per heavy atom. The van der Waals surface area contributed by atoms with Crippen molar-refractivity contribution in [3.05, 3.63) is 125 Å². The lowest BCUT2D eigenvalue weighted by Gasteiger charge is -2.13. The fraction of sp³-hybridized carbons (Fsp3) is 0.156. The predicted molar refractivity (Wildman–Crippen MR) is 146 cm³/mol. The molecule has 5 heteroatoms. The topological polar surface area (TPSA) is 54.0 Å². The van der Waals surface area contributed by atoms with E-state index >= 15 is 0 Å². The van der Waals surface area contributed by atoms with Gasteiger partial charge in [-0.05, 0) is 54.5 Å². The number of carbonyl (C=O) groups excluding carboxylic acids is 1. The first kappa shape index (κ1) is 25.6. The Balaban J connectivity index is 1.57. The molecule has 0 spiro atoms. The molecule has 188 valence electrons.